The Morgan fingerprint density at radius 2 is 1.62 bits per heavy atom. The van der Waals surface area contributed by atoms with Crippen LogP contribution in [0.25, 0.3) is 0 Å². The monoisotopic (exact) mass is 512 g/mol. The topological polar surface area (TPSA) is 75.2 Å². The number of hydrogen-bond donors (Lipinski definition) is 2. The summed E-state index contributed by atoms with van der Waals surface area (Å²) in [6.07, 6.45) is 0. The molecule has 0 atom stereocenters. The molecule has 2 rings (SSSR count). The van der Waals surface area contributed by atoms with Crippen LogP contribution in [0.4, 0.5) is 0 Å². The molecule has 0 spiro atoms. The highest BCUT2D eigenvalue weighted by Crippen LogP contribution is 2.16. The van der Waals surface area contributed by atoms with E-state index in [0.29, 0.717) is 31.2 Å². The molecular weight excluding hydrogens is 483 g/mol. The summed E-state index contributed by atoms with van der Waals surface area (Å²) in [4.78, 5) is 17.7. The first-order valence-corrected chi connectivity index (χ1v) is 9.05. The lowest BCUT2D eigenvalue weighted by Gasteiger charge is -2.13. The minimum atomic E-state index is -0.00570. The largest absolute Gasteiger partial charge is 0.497 e. The zero-order chi connectivity index (χ0) is 20.4. The van der Waals surface area contributed by atoms with Gasteiger partial charge in [-0.15, -0.1) is 24.0 Å². The minimum absolute atomic E-state index is 0. The molecule has 7 nitrogen and oxygen atoms in total. The summed E-state index contributed by atoms with van der Waals surface area (Å²) in [7, 11) is 6.84. The fraction of sp³-hybridized carbons (Fsp3) is 0.333. The van der Waals surface area contributed by atoms with Gasteiger partial charge in [0, 0.05) is 33.3 Å². The Morgan fingerprint density at radius 3 is 2.17 bits per heavy atom. The van der Waals surface area contributed by atoms with Crippen LogP contribution < -0.4 is 20.1 Å². The maximum absolute atomic E-state index is 11.9. The van der Waals surface area contributed by atoms with Crippen molar-refractivity contribution < 1.29 is 14.3 Å². The summed E-state index contributed by atoms with van der Waals surface area (Å²) in [6.45, 7) is 1.73. The third-order valence-electron chi connectivity index (χ3n) is 4.01. The molecule has 2 aromatic rings. The smallest absolute Gasteiger partial charge is 0.253 e. The van der Waals surface area contributed by atoms with E-state index in [2.05, 4.69) is 15.6 Å². The highest BCUT2D eigenvalue weighted by atomic mass is 127. The van der Waals surface area contributed by atoms with Crippen molar-refractivity contribution in [1.82, 2.24) is 15.5 Å². The molecule has 2 N–H and O–H groups in total. The van der Waals surface area contributed by atoms with Gasteiger partial charge in [-0.3, -0.25) is 9.79 Å². The Labute approximate surface area is 189 Å². The number of ether oxygens (including phenoxy) is 2. The van der Waals surface area contributed by atoms with Gasteiger partial charge in [0.2, 0.25) is 0 Å². The molecule has 0 saturated heterocycles. The standard InChI is InChI=1S/C21H28N4O3.HI/c1-22-21(23-13-14-28-19-11-9-18(27-4)10-12-19)24-15-16-5-7-17(8-6-16)20(26)25(2)3;/h5-12H,13-15H2,1-4H3,(H2,22,23,24);1H. The van der Waals surface area contributed by atoms with Gasteiger partial charge in [0.05, 0.1) is 13.7 Å². The second-order valence-electron chi connectivity index (χ2n) is 6.27. The number of nitrogens with one attached hydrogen (secondary N) is 2. The minimum Gasteiger partial charge on any atom is -0.497 e. The number of aliphatic imine (C=N–C) groups is 1. The van der Waals surface area contributed by atoms with Crippen LogP contribution in [0, 0.1) is 0 Å². The summed E-state index contributed by atoms with van der Waals surface area (Å²) in [6, 6.07) is 15.0. The number of nitrogens with zero attached hydrogens (tertiary/aromatic N) is 2. The fourth-order valence-electron chi connectivity index (χ4n) is 2.44. The first-order valence-electron chi connectivity index (χ1n) is 9.05. The Kier molecular flexibility index (Phi) is 10.9. The lowest BCUT2D eigenvalue weighted by Crippen LogP contribution is -2.38. The van der Waals surface area contributed by atoms with E-state index in [1.807, 2.05) is 48.5 Å². The van der Waals surface area contributed by atoms with Crippen molar-refractivity contribution in [2.45, 2.75) is 6.54 Å². The Balaban J connectivity index is 0.00000420. The zero-order valence-electron chi connectivity index (χ0n) is 17.3. The predicted molar refractivity (Wildman–Crippen MR) is 127 cm³/mol. The van der Waals surface area contributed by atoms with Gasteiger partial charge in [-0.2, -0.15) is 0 Å². The van der Waals surface area contributed by atoms with Crippen LogP contribution in [0.2, 0.25) is 0 Å². The number of amides is 1. The fourth-order valence-corrected chi connectivity index (χ4v) is 2.44. The van der Waals surface area contributed by atoms with E-state index < -0.39 is 0 Å². The van der Waals surface area contributed by atoms with E-state index in [1.54, 1.807) is 33.2 Å². The van der Waals surface area contributed by atoms with E-state index in [4.69, 9.17) is 9.47 Å². The second kappa shape index (κ2) is 12.9. The van der Waals surface area contributed by atoms with E-state index in [9.17, 15) is 4.79 Å². The highest BCUT2D eigenvalue weighted by molar-refractivity contribution is 14.0. The number of carbonyl (C=O) groups excluding carboxylic acids is 1. The Bertz CT molecular complexity index is 778. The molecule has 0 saturated carbocycles. The van der Waals surface area contributed by atoms with Crippen LogP contribution >= 0.6 is 24.0 Å². The molecule has 8 heteroatoms. The van der Waals surface area contributed by atoms with Gasteiger partial charge in [0.15, 0.2) is 5.96 Å². The second-order valence-corrected chi connectivity index (χ2v) is 6.27. The quantitative estimate of drug-likeness (QED) is 0.246. The van der Waals surface area contributed by atoms with Crippen molar-refractivity contribution in [1.29, 1.82) is 0 Å². The van der Waals surface area contributed by atoms with Crippen molar-refractivity contribution in [3.05, 3.63) is 59.7 Å². The number of hydrogen-bond acceptors (Lipinski definition) is 4. The third-order valence-corrected chi connectivity index (χ3v) is 4.01. The number of carbonyl (C=O) groups is 1. The van der Waals surface area contributed by atoms with Crippen LogP contribution in [-0.4, -0.2) is 58.2 Å². The summed E-state index contributed by atoms with van der Waals surface area (Å²) < 4.78 is 10.8. The van der Waals surface area contributed by atoms with Gasteiger partial charge in [0.25, 0.3) is 5.91 Å². The molecule has 0 aromatic heterocycles. The lowest BCUT2D eigenvalue weighted by atomic mass is 10.1. The van der Waals surface area contributed by atoms with Crippen molar-refractivity contribution >= 4 is 35.8 Å². The highest BCUT2D eigenvalue weighted by Gasteiger charge is 2.07. The first kappa shape index (κ1) is 24.5. The molecule has 0 radical (unpaired) electrons. The van der Waals surface area contributed by atoms with Crippen molar-refractivity contribution in [2.75, 3.05) is 41.4 Å². The Hall–Kier alpha value is -2.49. The van der Waals surface area contributed by atoms with Crippen LogP contribution in [-0.2, 0) is 6.54 Å². The third kappa shape index (κ3) is 8.18. The van der Waals surface area contributed by atoms with Gasteiger partial charge in [-0.25, -0.2) is 0 Å². The first-order chi connectivity index (χ1) is 13.5. The molecule has 2 aromatic carbocycles. The molecule has 158 valence electrons. The number of benzene rings is 2. The number of guanidine groups is 1. The van der Waals surface area contributed by atoms with Crippen molar-refractivity contribution in [3.63, 3.8) is 0 Å². The number of halogens is 1. The van der Waals surface area contributed by atoms with Crippen LogP contribution in [0.5, 0.6) is 11.5 Å². The molecular formula is C21H29IN4O3. The van der Waals surface area contributed by atoms with Gasteiger partial charge in [-0.1, -0.05) is 12.1 Å². The van der Waals surface area contributed by atoms with Gasteiger partial charge >= 0.3 is 0 Å². The maximum atomic E-state index is 11.9. The Morgan fingerprint density at radius 1 is 1.00 bits per heavy atom. The van der Waals surface area contributed by atoms with E-state index >= 15 is 0 Å². The van der Waals surface area contributed by atoms with Gasteiger partial charge in [0.1, 0.15) is 18.1 Å². The summed E-state index contributed by atoms with van der Waals surface area (Å²) in [5.74, 6) is 2.27. The van der Waals surface area contributed by atoms with Crippen LogP contribution in [0.1, 0.15) is 15.9 Å². The van der Waals surface area contributed by atoms with Crippen LogP contribution in [0.3, 0.4) is 0 Å². The SMILES string of the molecule is CN=C(NCCOc1ccc(OC)cc1)NCc1ccc(C(=O)N(C)C)cc1.I. The van der Waals surface area contributed by atoms with E-state index in [0.717, 1.165) is 17.1 Å². The number of methoxy groups -OCH3 is 1. The van der Waals surface area contributed by atoms with Crippen molar-refractivity contribution in [3.8, 4) is 11.5 Å². The lowest BCUT2D eigenvalue weighted by molar-refractivity contribution is 0.0827. The van der Waals surface area contributed by atoms with Gasteiger partial charge in [-0.05, 0) is 42.0 Å². The predicted octanol–water partition coefficient (Wildman–Crippen LogP) is 2.76. The summed E-state index contributed by atoms with van der Waals surface area (Å²) >= 11 is 0. The molecule has 0 aliphatic heterocycles. The molecule has 0 fully saturated rings. The average molecular weight is 512 g/mol. The normalized spacial score (nSPS) is 10.6. The van der Waals surface area contributed by atoms with Gasteiger partial charge < -0.3 is 25.0 Å². The summed E-state index contributed by atoms with van der Waals surface area (Å²) in [5.41, 5.74) is 1.74. The maximum Gasteiger partial charge on any atom is 0.253 e. The molecule has 0 aliphatic carbocycles. The molecule has 0 bridgehead atoms. The van der Waals surface area contributed by atoms with E-state index in [1.165, 1.54) is 0 Å². The van der Waals surface area contributed by atoms with Crippen molar-refractivity contribution in [2.24, 2.45) is 4.99 Å². The zero-order valence-corrected chi connectivity index (χ0v) is 19.6. The molecule has 1 amide bonds. The number of rotatable bonds is 8. The molecule has 0 unspecified atom stereocenters. The molecule has 0 aliphatic rings. The molecule has 0 heterocycles. The van der Waals surface area contributed by atoms with Crippen LogP contribution in [0.15, 0.2) is 53.5 Å². The molecule has 29 heavy (non-hydrogen) atoms. The van der Waals surface area contributed by atoms with E-state index in [-0.39, 0.29) is 29.9 Å². The average Bonchev–Trinajstić information content (AvgIpc) is 2.73. The summed E-state index contributed by atoms with van der Waals surface area (Å²) in [5, 5.41) is 6.45.